The van der Waals surface area contributed by atoms with Crippen LogP contribution >= 0.6 is 21.6 Å². The van der Waals surface area contributed by atoms with Gasteiger partial charge in [0.15, 0.2) is 29.6 Å². The van der Waals surface area contributed by atoms with E-state index in [1.54, 1.807) is 87.2 Å². The molecule has 7 rings (SSSR count). The van der Waals surface area contributed by atoms with E-state index in [0.717, 1.165) is 44.5 Å². The van der Waals surface area contributed by atoms with E-state index in [4.69, 9.17) is 50.3 Å². The van der Waals surface area contributed by atoms with Gasteiger partial charge in [0.05, 0.1) is 31.7 Å². The molecular formula is C99H148N28O20S2. The largest absolute Gasteiger partial charge is 0.508 e. The predicted molar refractivity (Wildman–Crippen MR) is 560 cm³/mol. The van der Waals surface area contributed by atoms with E-state index in [1.807, 2.05) is 37.3 Å². The molecule has 0 spiro atoms. The topological polar surface area (TPSA) is 787 Å². The SMILES string of the molecule is CCCCC[C@@H]1NC(=O)[C@@H]2CCCN2C(=O)[C@H](CC(=O)O)NC(=O)[C@H](Cc2ccc(O)cc2)NC(=O)[C@H](CO)NC(=O)[C@H]([C@@H](C)CC)NC(=O)[C@H](Cc2ccc(-c3ccccc3)cc2)NC(=O)[C@H](CC(C)C)NC(=O)[C@@H]2[C@@H](c3ccccc3)CCN2CC(=O)[C@@H](NC(=O)[C@H](CCCNC(=N)N)NC(=O)[C@H](CCCNC(=N)N)NC(C)=O)CSSC[C@@H](C(=O)N[C@@H](CCCNC(=N)N)C(=O)N[C@@H](CCCNC(=N)N)C(N)=O)NC1=O. The Bertz CT molecular complexity index is 5230. The van der Waals surface area contributed by atoms with Gasteiger partial charge in [-0.2, -0.15) is 0 Å². The van der Waals surface area contributed by atoms with E-state index in [9.17, 15) is 44.1 Å². The first kappa shape index (κ1) is 122. The first-order valence-corrected chi connectivity index (χ1v) is 52.6. The minimum atomic E-state index is -2.02. The molecule has 3 saturated heterocycles. The van der Waals surface area contributed by atoms with Crippen molar-refractivity contribution >= 4 is 146 Å². The van der Waals surface area contributed by atoms with Crippen LogP contribution in [0.15, 0.2) is 109 Å². The summed E-state index contributed by atoms with van der Waals surface area (Å²) in [6.07, 6.45) is -0.730. The molecule has 50 heteroatoms. The number of carboxylic acids is 1. The molecule has 0 unspecified atom stereocenters. The number of fused-ring (bicyclic) bond motifs is 2. The van der Waals surface area contributed by atoms with Crippen LogP contribution in [0.4, 0.5) is 0 Å². The molecule has 4 aromatic rings. The molecule has 48 nitrogen and oxygen atoms in total. The van der Waals surface area contributed by atoms with Gasteiger partial charge in [-0.05, 0) is 135 Å². The van der Waals surface area contributed by atoms with Crippen molar-refractivity contribution in [2.45, 2.75) is 267 Å². The molecule has 4 aromatic carbocycles. The van der Waals surface area contributed by atoms with Gasteiger partial charge in [-0.25, -0.2) is 0 Å². The second-order valence-corrected chi connectivity index (χ2v) is 40.2. The van der Waals surface area contributed by atoms with Gasteiger partial charge in [0, 0.05) is 76.5 Å². The standard InChI is InChI=1S/C99H148N28O20S2/c1-7-9-12-26-67-86(138)124-76(91(143)116-68(29-19-43-111-98(105)106)84(136)114-65(82(100)134)27-17-41-109-96(101)102)54-149-148-53-75(123-85(137)69(30-20-44-112-99(107)108)115-83(135)66(113-57(6)129)28-18-42-110-97(103)104)78(131)51-126-46-40-64(62-24-15-11-16-25-62)81(126)94(146)120-70(47-55(3)4)87(139)118-72(48-58-32-36-61(37-33-58)60-22-13-10-14-23-60)89(141)125-80(56(5)8-2)93(145)122-74(52-128)90(142)119-71(49-59-34-38-63(130)39-35-59)88(140)121-73(50-79(132)133)95(147)127-45-21-31-77(127)92(144)117-67/h10-11,13-16,22-25,32-39,55-56,64-77,80-81,128,130H,7-9,12,17-21,26-31,40-54H2,1-6H3,(H2,100,134)(H,113,129)(H,114,136)(H,115,135)(H,116,143)(H,117,144)(H,118,139)(H,119,142)(H,120,146)(H,121,140)(H,122,145)(H,123,137)(H,124,138)(H,125,141)(H,132,133)(H4,101,102,109)(H4,103,104,110)(H4,105,106,111)(H4,107,108,112)/t56-,64+,65-,66-,67-,68-,69-,70-,71-,72-,73-,74-,75-,76-,77-,80-,81-/m0/s1. The molecule has 3 fully saturated rings. The number of phenols is 1. The van der Waals surface area contributed by atoms with Crippen molar-refractivity contribution in [2.75, 3.05) is 63.9 Å². The first-order chi connectivity index (χ1) is 71.0. The Labute approximate surface area is 873 Å². The number of aliphatic hydroxyl groups excluding tert-OH is 1. The fourth-order valence-corrected chi connectivity index (χ4v) is 19.7. The minimum absolute atomic E-state index is 0.00244. The quantitative estimate of drug-likeness (QED) is 0.00955. The number of aliphatic hydroxyl groups is 1. The molecule has 0 bridgehead atoms. The minimum Gasteiger partial charge on any atom is -0.508 e. The zero-order valence-corrected chi connectivity index (χ0v) is 86.5. The number of guanidine groups is 4. The number of hydrogen-bond donors (Lipinski definition) is 29. The van der Waals surface area contributed by atoms with Crippen molar-refractivity contribution in [3.8, 4) is 16.9 Å². The Balaban J connectivity index is 1.43. The Kier molecular flexibility index (Phi) is 51.1. The average Bonchev–Trinajstić information content (AvgIpc) is 1.66. The van der Waals surface area contributed by atoms with Crippen LogP contribution in [-0.2, 0) is 94.3 Å². The normalized spacial score (nSPS) is 22.0. The van der Waals surface area contributed by atoms with Crippen LogP contribution < -0.4 is 119 Å². The summed E-state index contributed by atoms with van der Waals surface area (Å²) < 4.78 is 0. The lowest BCUT2D eigenvalue weighted by Crippen LogP contribution is -2.62. The highest BCUT2D eigenvalue weighted by Gasteiger charge is 2.46. The third-order valence-corrected chi connectivity index (χ3v) is 27.9. The van der Waals surface area contributed by atoms with Gasteiger partial charge in [0.1, 0.15) is 84.3 Å². The van der Waals surface area contributed by atoms with Crippen LogP contribution in [-0.4, -0.2) is 304 Å². The molecule has 15 amide bonds. The summed E-state index contributed by atoms with van der Waals surface area (Å²) in [5.74, 6) is -21.8. The summed E-state index contributed by atoms with van der Waals surface area (Å²) in [6.45, 7) is 7.96. The number of amides is 15. The third-order valence-electron chi connectivity index (χ3n) is 25.5. The van der Waals surface area contributed by atoms with E-state index in [1.165, 1.54) is 24.3 Å². The fourth-order valence-electron chi connectivity index (χ4n) is 17.4. The van der Waals surface area contributed by atoms with Crippen LogP contribution in [0.2, 0.25) is 0 Å². The third kappa shape index (κ3) is 41.3. The molecule has 3 aliphatic rings. The number of primary amides is 1. The van der Waals surface area contributed by atoms with Crippen LogP contribution in [0.25, 0.3) is 11.1 Å². The lowest BCUT2D eigenvalue weighted by molar-refractivity contribution is -0.146. The van der Waals surface area contributed by atoms with Crippen LogP contribution in [0.1, 0.15) is 180 Å². The number of nitrogens with zero attached hydrogens (tertiary/aromatic N) is 2. The number of aromatic hydroxyl groups is 1. The number of carbonyl (C=O) groups is 17. The van der Waals surface area contributed by atoms with E-state index in [0.29, 0.717) is 24.0 Å². The van der Waals surface area contributed by atoms with Crippen molar-refractivity contribution < 1.29 is 96.8 Å². The molecule has 0 aliphatic carbocycles. The summed E-state index contributed by atoms with van der Waals surface area (Å²) in [7, 11) is 1.69. The summed E-state index contributed by atoms with van der Waals surface area (Å²) in [5.41, 5.74) is 31.2. The molecule has 3 aliphatic heterocycles. The summed E-state index contributed by atoms with van der Waals surface area (Å²) in [5, 5.41) is 108. The highest BCUT2D eigenvalue weighted by atomic mass is 33.1. The lowest BCUT2D eigenvalue weighted by Gasteiger charge is -2.32. The number of unbranched alkanes of at least 4 members (excludes halogenated alkanes) is 2. The number of carboxylic acid groups (broad SMARTS) is 1. The molecule has 3 heterocycles. The summed E-state index contributed by atoms with van der Waals surface area (Å²) in [6, 6.07) is 6.46. The number of carbonyl (C=O) groups excluding carboxylic acids is 16. The zero-order valence-electron chi connectivity index (χ0n) is 84.9. The Hall–Kier alpha value is -14.4. The number of aliphatic carboxylic acids is 1. The lowest BCUT2D eigenvalue weighted by atomic mass is 9.90. The van der Waals surface area contributed by atoms with Crippen LogP contribution in [0.5, 0.6) is 5.75 Å². The molecule has 34 N–H and O–H groups in total. The Morgan fingerprint density at radius 2 is 0.960 bits per heavy atom. The van der Waals surface area contributed by atoms with E-state index in [2.05, 4.69) is 90.4 Å². The van der Waals surface area contributed by atoms with Crippen molar-refractivity contribution in [1.82, 2.24) is 100 Å². The van der Waals surface area contributed by atoms with E-state index in [-0.39, 0.29) is 171 Å². The summed E-state index contributed by atoms with van der Waals surface area (Å²) >= 11 is 0. The smallest absolute Gasteiger partial charge is 0.305 e. The number of benzene rings is 4. The molecular weight excluding hydrogens is 1970 g/mol. The van der Waals surface area contributed by atoms with Gasteiger partial charge in [0.2, 0.25) is 88.6 Å². The van der Waals surface area contributed by atoms with Crippen molar-refractivity contribution in [1.29, 1.82) is 21.6 Å². The number of phenolic OH excluding ortho intramolecular Hbond substituents is 1. The van der Waals surface area contributed by atoms with Crippen LogP contribution in [0, 0.1) is 33.5 Å². The number of rotatable bonds is 43. The Morgan fingerprint density at radius 1 is 0.490 bits per heavy atom. The summed E-state index contributed by atoms with van der Waals surface area (Å²) in [4.78, 5) is 256. The number of Topliss-reactive ketones (excluding diaryl/α,β-unsaturated/α-hetero) is 1. The van der Waals surface area contributed by atoms with E-state index >= 15 is 52.7 Å². The fraction of sp³-hybridized carbons (Fsp3) is 0.545. The van der Waals surface area contributed by atoms with Gasteiger partial charge in [-0.3, -0.25) is 108 Å². The van der Waals surface area contributed by atoms with Gasteiger partial charge in [-0.1, -0.05) is 179 Å². The maximum atomic E-state index is 16.1. The highest BCUT2D eigenvalue weighted by Crippen LogP contribution is 2.35. The highest BCUT2D eigenvalue weighted by molar-refractivity contribution is 8.76. The molecule has 816 valence electrons. The van der Waals surface area contributed by atoms with Crippen molar-refractivity contribution in [3.63, 3.8) is 0 Å². The number of ketones is 1. The molecule has 0 saturated carbocycles. The molecule has 0 aromatic heterocycles. The van der Waals surface area contributed by atoms with Crippen molar-refractivity contribution in [3.05, 3.63) is 126 Å². The number of nitrogens with two attached hydrogens (primary N) is 5. The zero-order chi connectivity index (χ0) is 110. The first-order valence-electron chi connectivity index (χ1n) is 50.1. The second kappa shape index (κ2) is 62.7. The average molecular weight is 2110 g/mol. The van der Waals surface area contributed by atoms with Gasteiger partial charge < -0.3 is 139 Å². The maximum Gasteiger partial charge on any atom is 0.305 e. The number of nitrogens with one attached hydrogen (secondary N) is 21. The molecule has 17 atom stereocenters. The molecule has 0 radical (unpaired) electrons. The molecule has 149 heavy (non-hydrogen) atoms. The van der Waals surface area contributed by atoms with Crippen LogP contribution in [0.3, 0.4) is 0 Å². The second-order valence-electron chi connectivity index (χ2n) is 37.6. The van der Waals surface area contributed by atoms with Gasteiger partial charge in [-0.15, -0.1) is 0 Å². The number of hydrogen-bond acceptors (Lipinski definition) is 26. The Morgan fingerprint density at radius 3 is 1.48 bits per heavy atom. The maximum absolute atomic E-state index is 16.1. The van der Waals surface area contributed by atoms with E-state index < -0.39 is 252 Å². The van der Waals surface area contributed by atoms with Gasteiger partial charge >= 0.3 is 5.97 Å². The predicted octanol–water partition coefficient (Wildman–Crippen LogP) is -2.34. The van der Waals surface area contributed by atoms with Gasteiger partial charge in [0.25, 0.3) is 0 Å². The van der Waals surface area contributed by atoms with Crippen molar-refractivity contribution in [2.24, 2.45) is 40.5 Å². The monoisotopic (exact) mass is 2110 g/mol.